The smallest absolute Gasteiger partial charge is 0.323 e. The van der Waals surface area contributed by atoms with E-state index in [1.54, 1.807) is 24.3 Å². The van der Waals surface area contributed by atoms with Crippen LogP contribution in [0.4, 0.5) is 0 Å². The largest absolute Gasteiger partial charge is 0.480 e. The molecule has 1 heterocycles. The molecule has 2 rings (SSSR count). The van der Waals surface area contributed by atoms with Gasteiger partial charge in [-0.05, 0) is 6.07 Å². The lowest BCUT2D eigenvalue weighted by molar-refractivity contribution is -0.137. The van der Waals surface area contributed by atoms with Crippen molar-refractivity contribution in [3.8, 4) is 0 Å². The molecule has 0 bridgehead atoms. The fourth-order valence-corrected chi connectivity index (χ4v) is 1.73. The number of carboxylic acid groups (broad SMARTS) is 1. The monoisotopic (exact) mass is 261 g/mol. The van der Waals surface area contributed by atoms with E-state index in [1.807, 2.05) is 0 Å². The first kappa shape index (κ1) is 12.7. The molecule has 0 spiro atoms. The lowest BCUT2D eigenvalue weighted by Gasteiger charge is -2.14. The number of fused-ring (bicyclic) bond motifs is 1. The SMILES string of the molecule is CN(CC(=O)O)C(=O)c1n[nH]c(=O)c2ccccc12. The van der Waals surface area contributed by atoms with Crippen LogP contribution in [0, 0.1) is 0 Å². The number of carboxylic acids is 1. The minimum atomic E-state index is -1.12. The zero-order valence-electron chi connectivity index (χ0n) is 10.1. The number of hydrogen-bond donors (Lipinski definition) is 2. The first-order valence-electron chi connectivity index (χ1n) is 5.45. The Bertz CT molecular complexity index is 707. The topological polar surface area (TPSA) is 103 Å². The van der Waals surface area contributed by atoms with Crippen LogP contribution < -0.4 is 5.56 Å². The lowest BCUT2D eigenvalue weighted by Crippen LogP contribution is -2.33. The molecule has 7 heteroatoms. The molecule has 0 fully saturated rings. The Morgan fingerprint density at radius 3 is 2.58 bits per heavy atom. The highest BCUT2D eigenvalue weighted by Crippen LogP contribution is 2.13. The summed E-state index contributed by atoms with van der Waals surface area (Å²) in [4.78, 5) is 35.3. The molecule has 7 nitrogen and oxygen atoms in total. The standard InChI is InChI=1S/C12H11N3O4/c1-15(6-9(16)17)12(19)10-7-4-2-3-5-8(7)11(18)14-13-10/h2-5H,6H2,1H3,(H,14,18)(H,16,17). The van der Waals surface area contributed by atoms with E-state index in [9.17, 15) is 14.4 Å². The van der Waals surface area contributed by atoms with E-state index in [0.29, 0.717) is 10.8 Å². The van der Waals surface area contributed by atoms with Gasteiger partial charge in [-0.1, -0.05) is 18.2 Å². The van der Waals surface area contributed by atoms with E-state index >= 15 is 0 Å². The van der Waals surface area contributed by atoms with Gasteiger partial charge in [0.2, 0.25) is 0 Å². The summed E-state index contributed by atoms with van der Waals surface area (Å²) in [5, 5.41) is 15.3. The van der Waals surface area contributed by atoms with Gasteiger partial charge >= 0.3 is 5.97 Å². The molecule has 0 saturated heterocycles. The molecule has 2 N–H and O–H groups in total. The van der Waals surface area contributed by atoms with Crippen LogP contribution in [-0.2, 0) is 4.79 Å². The van der Waals surface area contributed by atoms with Crippen molar-refractivity contribution < 1.29 is 14.7 Å². The van der Waals surface area contributed by atoms with Crippen molar-refractivity contribution in [2.24, 2.45) is 0 Å². The van der Waals surface area contributed by atoms with Crippen molar-refractivity contribution in [1.82, 2.24) is 15.1 Å². The molecular weight excluding hydrogens is 250 g/mol. The first-order chi connectivity index (χ1) is 9.00. The number of carbonyl (C=O) groups excluding carboxylic acids is 1. The Hall–Kier alpha value is -2.70. The molecule has 1 amide bonds. The molecule has 0 aliphatic rings. The third kappa shape index (κ3) is 2.44. The van der Waals surface area contributed by atoms with Crippen LogP contribution in [-0.4, -0.2) is 45.7 Å². The van der Waals surface area contributed by atoms with Crippen molar-refractivity contribution in [2.45, 2.75) is 0 Å². The van der Waals surface area contributed by atoms with Crippen LogP contribution in [0.5, 0.6) is 0 Å². The number of nitrogens with one attached hydrogen (secondary N) is 1. The fraction of sp³-hybridized carbons (Fsp3) is 0.167. The van der Waals surface area contributed by atoms with Gasteiger partial charge in [0.25, 0.3) is 11.5 Å². The second kappa shape index (κ2) is 4.89. The molecule has 1 aromatic heterocycles. The number of rotatable bonds is 3. The Morgan fingerprint density at radius 1 is 1.32 bits per heavy atom. The number of carbonyl (C=O) groups is 2. The normalized spacial score (nSPS) is 10.4. The van der Waals surface area contributed by atoms with Gasteiger partial charge in [0.1, 0.15) is 6.54 Å². The van der Waals surface area contributed by atoms with Crippen LogP contribution in [0.15, 0.2) is 29.1 Å². The van der Waals surface area contributed by atoms with Gasteiger partial charge in [-0.25, -0.2) is 5.10 Å². The molecule has 1 aromatic carbocycles. The zero-order chi connectivity index (χ0) is 14.0. The predicted octanol–water partition coefficient (Wildman–Crippen LogP) is 0.0797. The Kier molecular flexibility index (Phi) is 3.28. The maximum absolute atomic E-state index is 12.1. The van der Waals surface area contributed by atoms with Gasteiger partial charge < -0.3 is 10.0 Å². The third-order valence-corrected chi connectivity index (χ3v) is 2.62. The molecule has 0 unspecified atom stereocenters. The summed E-state index contributed by atoms with van der Waals surface area (Å²) in [6.07, 6.45) is 0. The van der Waals surface area contributed by atoms with Crippen molar-refractivity contribution in [1.29, 1.82) is 0 Å². The summed E-state index contributed by atoms with van der Waals surface area (Å²) >= 11 is 0. The van der Waals surface area contributed by atoms with E-state index in [0.717, 1.165) is 4.90 Å². The number of hydrogen-bond acceptors (Lipinski definition) is 4. The Morgan fingerprint density at radius 2 is 1.95 bits per heavy atom. The molecule has 0 atom stereocenters. The minimum Gasteiger partial charge on any atom is -0.480 e. The quantitative estimate of drug-likeness (QED) is 0.814. The summed E-state index contributed by atoms with van der Waals surface area (Å²) < 4.78 is 0. The number of aromatic nitrogens is 2. The summed E-state index contributed by atoms with van der Waals surface area (Å²) in [6.45, 7) is -0.437. The van der Waals surface area contributed by atoms with Crippen molar-refractivity contribution >= 4 is 22.6 Å². The second-order valence-electron chi connectivity index (χ2n) is 4.00. The van der Waals surface area contributed by atoms with Crippen LogP contribution in [0.2, 0.25) is 0 Å². The molecule has 98 valence electrons. The summed E-state index contributed by atoms with van der Waals surface area (Å²) in [5.74, 6) is -1.68. The van der Waals surface area contributed by atoms with Crippen LogP contribution in [0.3, 0.4) is 0 Å². The fourth-order valence-electron chi connectivity index (χ4n) is 1.73. The predicted molar refractivity (Wildman–Crippen MR) is 67.0 cm³/mol. The minimum absolute atomic E-state index is 0.0268. The maximum atomic E-state index is 12.1. The number of amides is 1. The molecule has 0 aliphatic carbocycles. The molecular formula is C12H11N3O4. The average Bonchev–Trinajstić information content (AvgIpc) is 2.38. The van der Waals surface area contributed by atoms with Crippen molar-refractivity contribution in [3.63, 3.8) is 0 Å². The summed E-state index contributed by atoms with van der Waals surface area (Å²) in [5.41, 5.74) is -0.369. The number of aromatic amines is 1. The molecule has 19 heavy (non-hydrogen) atoms. The van der Waals surface area contributed by atoms with Gasteiger partial charge in [-0.2, -0.15) is 5.10 Å². The first-order valence-corrected chi connectivity index (χ1v) is 5.45. The van der Waals surface area contributed by atoms with Crippen LogP contribution in [0.25, 0.3) is 10.8 Å². The van der Waals surface area contributed by atoms with Crippen LogP contribution >= 0.6 is 0 Å². The van der Waals surface area contributed by atoms with Gasteiger partial charge in [0, 0.05) is 12.4 Å². The average molecular weight is 261 g/mol. The van der Waals surface area contributed by atoms with Crippen LogP contribution in [0.1, 0.15) is 10.5 Å². The Balaban J connectivity index is 2.51. The lowest BCUT2D eigenvalue weighted by atomic mass is 10.1. The number of nitrogens with zero attached hydrogens (tertiary/aromatic N) is 2. The number of likely N-dealkylation sites (N-methyl/N-ethyl adjacent to an activating group) is 1. The highest BCUT2D eigenvalue weighted by Gasteiger charge is 2.19. The van der Waals surface area contributed by atoms with Crippen molar-refractivity contribution in [2.75, 3.05) is 13.6 Å². The molecule has 0 saturated carbocycles. The number of H-pyrrole nitrogens is 1. The van der Waals surface area contributed by atoms with Gasteiger partial charge in [0.05, 0.1) is 5.39 Å². The maximum Gasteiger partial charge on any atom is 0.323 e. The van der Waals surface area contributed by atoms with Gasteiger partial charge in [0.15, 0.2) is 5.69 Å². The van der Waals surface area contributed by atoms with E-state index in [4.69, 9.17) is 5.11 Å². The van der Waals surface area contributed by atoms with E-state index in [2.05, 4.69) is 10.2 Å². The van der Waals surface area contributed by atoms with Gasteiger partial charge in [-0.15, -0.1) is 0 Å². The summed E-state index contributed by atoms with van der Waals surface area (Å²) in [7, 11) is 1.36. The second-order valence-corrected chi connectivity index (χ2v) is 4.00. The molecule has 2 aromatic rings. The zero-order valence-corrected chi connectivity index (χ0v) is 10.1. The highest BCUT2D eigenvalue weighted by atomic mass is 16.4. The van der Waals surface area contributed by atoms with E-state index in [1.165, 1.54) is 7.05 Å². The van der Waals surface area contributed by atoms with E-state index < -0.39 is 24.0 Å². The summed E-state index contributed by atoms with van der Waals surface area (Å²) in [6, 6.07) is 6.52. The van der Waals surface area contributed by atoms with Crippen molar-refractivity contribution in [3.05, 3.63) is 40.3 Å². The van der Waals surface area contributed by atoms with E-state index in [-0.39, 0.29) is 5.69 Å². The highest BCUT2D eigenvalue weighted by molar-refractivity contribution is 6.05. The molecule has 0 aliphatic heterocycles. The molecule has 0 radical (unpaired) electrons. The Labute approximate surface area is 107 Å². The number of benzene rings is 1. The number of aliphatic carboxylic acids is 1. The third-order valence-electron chi connectivity index (χ3n) is 2.62. The van der Waals surface area contributed by atoms with Gasteiger partial charge in [-0.3, -0.25) is 14.4 Å².